The monoisotopic (exact) mass is 256 g/mol. The Hall–Kier alpha value is -0.410. The van der Waals surface area contributed by atoms with Crippen LogP contribution in [0.25, 0.3) is 0 Å². The van der Waals surface area contributed by atoms with Gasteiger partial charge in [-0.3, -0.25) is 9.88 Å². The van der Waals surface area contributed by atoms with E-state index in [0.29, 0.717) is 0 Å². The molecule has 0 saturated carbocycles. The summed E-state index contributed by atoms with van der Waals surface area (Å²) in [5.74, 6) is 0. The quantitative estimate of drug-likeness (QED) is 0.771. The molecule has 0 N–H and O–H groups in total. The standard InChI is InChI=1S/C11H17BrN2/c1-11(2,9-12)14(3)8-10-5-4-6-13-7-10/h4-7H,8-9H2,1-3H3. The Morgan fingerprint density at radius 3 is 2.71 bits per heavy atom. The fraction of sp³-hybridized carbons (Fsp3) is 0.545. The molecule has 2 nitrogen and oxygen atoms in total. The number of halogens is 1. The SMILES string of the molecule is CN(Cc1cccnc1)C(C)(C)CBr. The third-order valence-electron chi connectivity index (χ3n) is 2.50. The van der Waals surface area contributed by atoms with Crippen molar-refractivity contribution >= 4 is 15.9 Å². The van der Waals surface area contributed by atoms with Crippen LogP contribution >= 0.6 is 15.9 Å². The molecule has 1 heterocycles. The van der Waals surface area contributed by atoms with Crippen molar-refractivity contribution in [3.8, 4) is 0 Å². The van der Waals surface area contributed by atoms with E-state index in [0.717, 1.165) is 11.9 Å². The molecule has 0 bridgehead atoms. The lowest BCUT2D eigenvalue weighted by molar-refractivity contribution is 0.173. The lowest BCUT2D eigenvalue weighted by Gasteiger charge is -2.33. The summed E-state index contributed by atoms with van der Waals surface area (Å²) in [4.78, 5) is 6.43. The van der Waals surface area contributed by atoms with Crippen LogP contribution in [-0.4, -0.2) is 27.8 Å². The van der Waals surface area contributed by atoms with E-state index in [2.05, 4.69) is 52.8 Å². The zero-order valence-corrected chi connectivity index (χ0v) is 10.6. The molecule has 0 saturated heterocycles. The molecule has 0 radical (unpaired) electrons. The van der Waals surface area contributed by atoms with Crippen LogP contribution in [0.4, 0.5) is 0 Å². The molecule has 0 fully saturated rings. The van der Waals surface area contributed by atoms with Crippen LogP contribution in [0, 0.1) is 0 Å². The van der Waals surface area contributed by atoms with Gasteiger partial charge in [0, 0.05) is 29.8 Å². The zero-order valence-electron chi connectivity index (χ0n) is 9.00. The van der Waals surface area contributed by atoms with Gasteiger partial charge < -0.3 is 0 Å². The normalized spacial score (nSPS) is 12.1. The molecule has 78 valence electrons. The Morgan fingerprint density at radius 1 is 1.50 bits per heavy atom. The van der Waals surface area contributed by atoms with Crippen molar-refractivity contribution in [2.45, 2.75) is 25.9 Å². The Balaban J connectivity index is 2.62. The van der Waals surface area contributed by atoms with Gasteiger partial charge in [0.05, 0.1) is 0 Å². The Morgan fingerprint density at radius 2 is 2.21 bits per heavy atom. The number of rotatable bonds is 4. The summed E-state index contributed by atoms with van der Waals surface area (Å²) in [5.41, 5.74) is 1.43. The maximum Gasteiger partial charge on any atom is 0.0312 e. The van der Waals surface area contributed by atoms with E-state index in [1.54, 1.807) is 6.20 Å². The number of alkyl halides is 1. The van der Waals surface area contributed by atoms with E-state index in [9.17, 15) is 0 Å². The van der Waals surface area contributed by atoms with Crippen LogP contribution in [0.15, 0.2) is 24.5 Å². The molecule has 0 unspecified atom stereocenters. The predicted octanol–water partition coefficient (Wildman–Crippen LogP) is 2.69. The highest BCUT2D eigenvalue weighted by molar-refractivity contribution is 9.09. The van der Waals surface area contributed by atoms with Gasteiger partial charge in [0.25, 0.3) is 0 Å². The van der Waals surface area contributed by atoms with Crippen molar-refractivity contribution in [3.63, 3.8) is 0 Å². The first-order valence-electron chi connectivity index (χ1n) is 4.72. The van der Waals surface area contributed by atoms with E-state index >= 15 is 0 Å². The third kappa shape index (κ3) is 3.07. The second kappa shape index (κ2) is 4.89. The van der Waals surface area contributed by atoms with Gasteiger partial charge in [-0.25, -0.2) is 0 Å². The lowest BCUT2D eigenvalue weighted by Crippen LogP contribution is -2.41. The zero-order chi connectivity index (χ0) is 10.6. The molecule has 1 aromatic heterocycles. The van der Waals surface area contributed by atoms with Gasteiger partial charge in [-0.2, -0.15) is 0 Å². The minimum Gasteiger partial charge on any atom is -0.296 e. The summed E-state index contributed by atoms with van der Waals surface area (Å²) >= 11 is 3.53. The maximum absolute atomic E-state index is 4.11. The van der Waals surface area contributed by atoms with Crippen molar-refractivity contribution in [2.75, 3.05) is 12.4 Å². The van der Waals surface area contributed by atoms with Crippen LogP contribution in [0.3, 0.4) is 0 Å². The largest absolute Gasteiger partial charge is 0.296 e. The van der Waals surface area contributed by atoms with Crippen molar-refractivity contribution in [1.29, 1.82) is 0 Å². The van der Waals surface area contributed by atoms with Crippen LogP contribution in [0.5, 0.6) is 0 Å². The molecular weight excluding hydrogens is 240 g/mol. The molecule has 0 atom stereocenters. The third-order valence-corrected chi connectivity index (χ3v) is 3.88. The average Bonchev–Trinajstić information content (AvgIpc) is 2.19. The second-order valence-corrected chi connectivity index (χ2v) is 4.72. The molecule has 14 heavy (non-hydrogen) atoms. The van der Waals surface area contributed by atoms with Crippen LogP contribution in [0.1, 0.15) is 19.4 Å². The summed E-state index contributed by atoms with van der Waals surface area (Å²) in [6, 6.07) is 4.08. The Labute approximate surface area is 94.5 Å². The first-order valence-corrected chi connectivity index (χ1v) is 5.84. The minimum absolute atomic E-state index is 0.176. The fourth-order valence-electron chi connectivity index (χ4n) is 1.08. The lowest BCUT2D eigenvalue weighted by atomic mass is 10.1. The summed E-state index contributed by atoms with van der Waals surface area (Å²) < 4.78 is 0. The van der Waals surface area contributed by atoms with Crippen molar-refractivity contribution in [1.82, 2.24) is 9.88 Å². The molecule has 0 aromatic carbocycles. The van der Waals surface area contributed by atoms with Crippen molar-refractivity contribution < 1.29 is 0 Å². The molecule has 0 aliphatic rings. The first kappa shape index (κ1) is 11.7. The van der Waals surface area contributed by atoms with Crippen molar-refractivity contribution in [3.05, 3.63) is 30.1 Å². The highest BCUT2D eigenvalue weighted by Gasteiger charge is 2.21. The van der Waals surface area contributed by atoms with Crippen LogP contribution < -0.4 is 0 Å². The number of nitrogens with zero attached hydrogens (tertiary/aromatic N) is 2. The highest BCUT2D eigenvalue weighted by Crippen LogP contribution is 2.17. The summed E-state index contributed by atoms with van der Waals surface area (Å²) in [7, 11) is 2.13. The summed E-state index contributed by atoms with van der Waals surface area (Å²) in [5, 5.41) is 0.969. The number of pyridine rings is 1. The first-order chi connectivity index (χ1) is 6.56. The van der Waals surface area contributed by atoms with E-state index in [1.165, 1.54) is 5.56 Å². The van der Waals surface area contributed by atoms with E-state index in [-0.39, 0.29) is 5.54 Å². The smallest absolute Gasteiger partial charge is 0.0312 e. The van der Waals surface area contributed by atoms with Gasteiger partial charge in [-0.1, -0.05) is 22.0 Å². The molecule has 1 rings (SSSR count). The predicted molar refractivity (Wildman–Crippen MR) is 63.6 cm³/mol. The minimum atomic E-state index is 0.176. The molecule has 1 aromatic rings. The number of hydrogen-bond donors (Lipinski definition) is 0. The van der Waals surface area contributed by atoms with Gasteiger partial charge >= 0.3 is 0 Å². The number of hydrogen-bond acceptors (Lipinski definition) is 2. The molecule has 0 spiro atoms. The van der Waals surface area contributed by atoms with Crippen LogP contribution in [0.2, 0.25) is 0 Å². The van der Waals surface area contributed by atoms with Gasteiger partial charge in [-0.05, 0) is 32.5 Å². The Bertz CT molecular complexity index is 272. The van der Waals surface area contributed by atoms with E-state index < -0.39 is 0 Å². The van der Waals surface area contributed by atoms with Gasteiger partial charge in [0.1, 0.15) is 0 Å². The molecule has 0 amide bonds. The fourth-order valence-corrected chi connectivity index (χ4v) is 1.51. The van der Waals surface area contributed by atoms with Crippen molar-refractivity contribution in [2.24, 2.45) is 0 Å². The molecule has 0 aliphatic carbocycles. The molecule has 0 aliphatic heterocycles. The van der Waals surface area contributed by atoms with Crippen LogP contribution in [-0.2, 0) is 6.54 Å². The van der Waals surface area contributed by atoms with Gasteiger partial charge in [0.15, 0.2) is 0 Å². The molecular formula is C11H17BrN2. The maximum atomic E-state index is 4.11. The average molecular weight is 257 g/mol. The van der Waals surface area contributed by atoms with Gasteiger partial charge in [0.2, 0.25) is 0 Å². The van der Waals surface area contributed by atoms with E-state index in [1.807, 2.05) is 12.3 Å². The van der Waals surface area contributed by atoms with Gasteiger partial charge in [-0.15, -0.1) is 0 Å². The van der Waals surface area contributed by atoms with E-state index in [4.69, 9.17) is 0 Å². The summed E-state index contributed by atoms with van der Waals surface area (Å²) in [6.07, 6.45) is 3.72. The highest BCUT2D eigenvalue weighted by atomic mass is 79.9. The summed E-state index contributed by atoms with van der Waals surface area (Å²) in [6.45, 7) is 5.38. The topological polar surface area (TPSA) is 16.1 Å². The Kier molecular flexibility index (Phi) is 4.08. The number of aromatic nitrogens is 1. The second-order valence-electron chi connectivity index (χ2n) is 4.16. The molecule has 3 heteroatoms.